The van der Waals surface area contributed by atoms with Crippen molar-refractivity contribution in [3.63, 3.8) is 0 Å². The number of carboxylic acid groups (broad SMARTS) is 1. The number of aromatic carboxylic acids is 1. The second-order valence-corrected chi connectivity index (χ2v) is 12.4. The number of fused-ring (bicyclic) bond motifs is 1. The molecule has 254 valence electrons. The lowest BCUT2D eigenvalue weighted by atomic mass is 9.77. The zero-order chi connectivity index (χ0) is 35.5. The monoisotopic (exact) mass is 682 g/mol. The lowest BCUT2D eigenvalue weighted by molar-refractivity contribution is 0.0698. The van der Waals surface area contributed by atoms with Gasteiger partial charge in [0.1, 0.15) is 5.54 Å². The van der Waals surface area contributed by atoms with Gasteiger partial charge in [-0.1, -0.05) is 146 Å². The Morgan fingerprint density at radius 1 is 0.692 bits per heavy atom. The molecule has 0 bridgehead atoms. The molecule has 9 nitrogen and oxygen atoms in total. The first-order valence-electron chi connectivity index (χ1n) is 17.1. The highest BCUT2D eigenvalue weighted by atomic mass is 16.5. The van der Waals surface area contributed by atoms with Gasteiger partial charge in [-0.3, -0.25) is 4.57 Å². The maximum Gasteiger partial charge on any atom is 0.337 e. The quantitative estimate of drug-likeness (QED) is 0.137. The van der Waals surface area contributed by atoms with Crippen LogP contribution in [0.15, 0.2) is 158 Å². The normalized spacial score (nSPS) is 11.5. The largest absolute Gasteiger partial charge is 0.478 e. The minimum Gasteiger partial charge on any atom is -0.478 e. The van der Waals surface area contributed by atoms with Crippen LogP contribution >= 0.6 is 0 Å². The molecule has 0 unspecified atom stereocenters. The molecule has 1 N–H and O–H groups in total. The van der Waals surface area contributed by atoms with Crippen LogP contribution in [0.25, 0.3) is 33.5 Å². The van der Waals surface area contributed by atoms with Gasteiger partial charge >= 0.3 is 5.97 Å². The van der Waals surface area contributed by atoms with Gasteiger partial charge in [0, 0.05) is 5.56 Å². The van der Waals surface area contributed by atoms with E-state index in [-0.39, 0.29) is 5.56 Å². The third-order valence-corrected chi connectivity index (χ3v) is 9.37. The predicted molar refractivity (Wildman–Crippen MR) is 200 cm³/mol. The Morgan fingerprint density at radius 3 is 1.85 bits per heavy atom. The van der Waals surface area contributed by atoms with E-state index in [9.17, 15) is 9.90 Å². The van der Waals surface area contributed by atoms with E-state index in [0.717, 1.165) is 38.9 Å². The van der Waals surface area contributed by atoms with Gasteiger partial charge in [-0.15, -0.1) is 5.10 Å². The van der Waals surface area contributed by atoms with Gasteiger partial charge in [-0.25, -0.2) is 9.48 Å². The lowest BCUT2D eigenvalue weighted by Gasteiger charge is -2.36. The fourth-order valence-corrected chi connectivity index (χ4v) is 7.11. The number of hydrogen-bond donors (Lipinski definition) is 1. The average molecular weight is 683 g/mol. The van der Waals surface area contributed by atoms with Crippen LogP contribution < -0.4 is 4.74 Å². The minimum absolute atomic E-state index is 0.178. The maximum atomic E-state index is 12.1. The molecule has 0 aliphatic carbocycles. The molecular formula is C43H34N6O3. The van der Waals surface area contributed by atoms with Gasteiger partial charge in [-0.2, -0.15) is 4.98 Å². The molecule has 0 fully saturated rings. The van der Waals surface area contributed by atoms with Crippen molar-refractivity contribution in [2.45, 2.75) is 19.0 Å². The number of carboxylic acids is 1. The molecule has 2 heterocycles. The SMILES string of the molecule is CCOc1nc2cccc(C(=O)O)c2n1Cc1ccc(-c2ccccc2-c2nnnn2C(c2ccccc2)(c2ccccc2)c2ccccc2)cc1. The number of ether oxygens (including phenoxy) is 1. The highest BCUT2D eigenvalue weighted by molar-refractivity contribution is 6.01. The van der Waals surface area contributed by atoms with Crippen LogP contribution in [0.5, 0.6) is 6.01 Å². The highest BCUT2D eigenvalue weighted by Crippen LogP contribution is 2.43. The molecule has 0 atom stereocenters. The van der Waals surface area contributed by atoms with E-state index < -0.39 is 11.5 Å². The van der Waals surface area contributed by atoms with E-state index in [1.165, 1.54) is 0 Å². The van der Waals surface area contributed by atoms with E-state index in [0.29, 0.717) is 36.0 Å². The summed E-state index contributed by atoms with van der Waals surface area (Å²) in [6, 6.07) is 52.9. The number of nitrogens with zero attached hydrogens (tertiary/aromatic N) is 6. The number of para-hydroxylation sites is 1. The molecule has 8 rings (SSSR count). The summed E-state index contributed by atoms with van der Waals surface area (Å²) >= 11 is 0. The summed E-state index contributed by atoms with van der Waals surface area (Å²) in [4.78, 5) is 16.7. The summed E-state index contributed by atoms with van der Waals surface area (Å²) in [6.07, 6.45) is 0. The maximum absolute atomic E-state index is 12.1. The summed E-state index contributed by atoms with van der Waals surface area (Å²) in [5.74, 6) is -0.399. The zero-order valence-corrected chi connectivity index (χ0v) is 28.4. The highest BCUT2D eigenvalue weighted by Gasteiger charge is 2.42. The van der Waals surface area contributed by atoms with Gasteiger partial charge in [0.2, 0.25) is 0 Å². The lowest BCUT2D eigenvalue weighted by Crippen LogP contribution is -2.39. The van der Waals surface area contributed by atoms with Crippen molar-refractivity contribution in [3.05, 3.63) is 186 Å². The Hall–Kier alpha value is -6.87. The van der Waals surface area contributed by atoms with Gasteiger partial charge in [0.15, 0.2) is 5.82 Å². The first-order valence-corrected chi connectivity index (χ1v) is 17.1. The van der Waals surface area contributed by atoms with Crippen LogP contribution in [0, 0.1) is 0 Å². The molecule has 9 heteroatoms. The van der Waals surface area contributed by atoms with Crippen LogP contribution in [-0.2, 0) is 12.1 Å². The average Bonchev–Trinajstić information content (AvgIpc) is 3.82. The van der Waals surface area contributed by atoms with Crippen molar-refractivity contribution < 1.29 is 14.6 Å². The molecule has 52 heavy (non-hydrogen) atoms. The van der Waals surface area contributed by atoms with Gasteiger partial charge < -0.3 is 9.84 Å². The Kier molecular flexibility index (Phi) is 8.58. The van der Waals surface area contributed by atoms with Crippen LogP contribution in [0.2, 0.25) is 0 Å². The fourth-order valence-electron chi connectivity index (χ4n) is 7.11. The number of carbonyl (C=O) groups is 1. The molecule has 8 aromatic rings. The summed E-state index contributed by atoms with van der Waals surface area (Å²) in [6.45, 7) is 2.67. The van der Waals surface area contributed by atoms with E-state index in [1.54, 1.807) is 18.2 Å². The third-order valence-electron chi connectivity index (χ3n) is 9.37. The second-order valence-electron chi connectivity index (χ2n) is 12.4. The number of tetrazole rings is 1. The molecule has 0 amide bonds. The Balaban J connectivity index is 1.24. The molecule has 0 saturated heterocycles. The molecule has 2 aromatic heterocycles. The smallest absolute Gasteiger partial charge is 0.337 e. The van der Waals surface area contributed by atoms with E-state index in [4.69, 9.17) is 15.0 Å². The van der Waals surface area contributed by atoms with Crippen molar-refractivity contribution in [1.29, 1.82) is 0 Å². The number of aromatic nitrogens is 6. The molecular weight excluding hydrogens is 649 g/mol. The van der Waals surface area contributed by atoms with E-state index in [1.807, 2.05) is 95.0 Å². The Labute approximate surface area is 300 Å². The first-order chi connectivity index (χ1) is 25.6. The van der Waals surface area contributed by atoms with Gasteiger partial charge in [0.25, 0.3) is 6.01 Å². The van der Waals surface area contributed by atoms with E-state index in [2.05, 4.69) is 70.9 Å². The molecule has 0 aliphatic heterocycles. The topological polar surface area (TPSA) is 108 Å². The molecule has 0 radical (unpaired) electrons. The minimum atomic E-state index is -1.01. The number of benzene rings is 6. The first kappa shape index (κ1) is 32.3. The standard InChI is InChI=1S/C43H34N6O3/c1-2-52-42-44-38-24-14-23-37(41(50)51)39(38)48(42)29-30-25-27-31(28-26-30)35-21-12-13-22-36(35)40-45-46-47-49(40)43(32-15-6-3-7-16-32,33-17-8-4-9-18-33)34-19-10-5-11-20-34/h3-28H,2,29H2,1H3,(H,50,51). The number of imidazole rings is 1. The summed E-state index contributed by atoms with van der Waals surface area (Å²) in [5, 5.41) is 23.7. The Bertz CT molecular complexity index is 2380. The molecule has 0 saturated carbocycles. The van der Waals surface area contributed by atoms with Crippen molar-refractivity contribution in [2.75, 3.05) is 6.61 Å². The molecule has 6 aromatic carbocycles. The van der Waals surface area contributed by atoms with Crippen LogP contribution in [-0.4, -0.2) is 47.4 Å². The van der Waals surface area contributed by atoms with Crippen molar-refractivity contribution >= 4 is 17.0 Å². The van der Waals surface area contributed by atoms with Crippen LogP contribution in [0.4, 0.5) is 0 Å². The molecule has 0 aliphatic rings. The summed E-state index contributed by atoms with van der Waals surface area (Å²) in [5.41, 5.74) is 7.22. The van der Waals surface area contributed by atoms with Crippen LogP contribution in [0.1, 0.15) is 39.5 Å². The third kappa shape index (κ3) is 5.58. The molecule has 0 spiro atoms. The summed E-state index contributed by atoms with van der Waals surface area (Å²) < 4.78 is 9.62. The zero-order valence-electron chi connectivity index (χ0n) is 28.4. The summed E-state index contributed by atoms with van der Waals surface area (Å²) in [7, 11) is 0. The van der Waals surface area contributed by atoms with E-state index >= 15 is 0 Å². The van der Waals surface area contributed by atoms with Gasteiger partial charge in [0.05, 0.1) is 29.7 Å². The Morgan fingerprint density at radius 2 is 1.27 bits per heavy atom. The van der Waals surface area contributed by atoms with Crippen molar-refractivity contribution in [2.24, 2.45) is 0 Å². The van der Waals surface area contributed by atoms with Gasteiger partial charge in [-0.05, 0) is 62.9 Å². The van der Waals surface area contributed by atoms with Crippen molar-refractivity contribution in [3.8, 4) is 28.5 Å². The predicted octanol–water partition coefficient (Wildman–Crippen LogP) is 8.34. The van der Waals surface area contributed by atoms with Crippen molar-refractivity contribution in [1.82, 2.24) is 29.8 Å². The number of rotatable bonds is 11. The number of hydrogen-bond acceptors (Lipinski definition) is 6. The second kappa shape index (κ2) is 13.8. The fraction of sp³-hybridized carbons (Fsp3) is 0.0930. The van der Waals surface area contributed by atoms with Crippen LogP contribution in [0.3, 0.4) is 0 Å².